The molecular formula is C23H26N6O4S. The first kappa shape index (κ1) is 22.4. The number of imidazole rings is 1. The summed E-state index contributed by atoms with van der Waals surface area (Å²) in [4.78, 5) is 21.6. The van der Waals surface area contributed by atoms with Gasteiger partial charge in [0.25, 0.3) is 10.0 Å². The summed E-state index contributed by atoms with van der Waals surface area (Å²) in [6.07, 6.45) is 3.83. The Morgan fingerprint density at radius 3 is 2.68 bits per heavy atom. The van der Waals surface area contributed by atoms with Crippen LogP contribution in [0.4, 0.5) is 0 Å². The van der Waals surface area contributed by atoms with E-state index in [0.29, 0.717) is 41.0 Å². The number of carbonyl (C=O) groups excluding carboxylic acids is 1. The Morgan fingerprint density at radius 1 is 1.24 bits per heavy atom. The highest BCUT2D eigenvalue weighted by Gasteiger charge is 2.28. The third kappa shape index (κ3) is 3.70. The van der Waals surface area contributed by atoms with Gasteiger partial charge in [-0.25, -0.2) is 27.0 Å². The summed E-state index contributed by atoms with van der Waals surface area (Å²) >= 11 is 0. The minimum absolute atomic E-state index is 0.00302. The first-order valence-electron chi connectivity index (χ1n) is 11.2. The highest BCUT2D eigenvalue weighted by Crippen LogP contribution is 2.29. The molecule has 0 unspecified atom stereocenters. The predicted molar refractivity (Wildman–Crippen MR) is 128 cm³/mol. The zero-order valence-corrected chi connectivity index (χ0v) is 19.8. The van der Waals surface area contributed by atoms with E-state index in [9.17, 15) is 13.2 Å². The molecule has 0 radical (unpaired) electrons. The molecule has 1 fully saturated rings. The quantitative estimate of drug-likeness (QED) is 0.412. The maximum Gasteiger partial charge on any atom is 0.313 e. The number of hydrogen-bond acceptors (Lipinski definition) is 8. The lowest BCUT2D eigenvalue weighted by atomic mass is 10.2. The van der Waals surface area contributed by atoms with Crippen LogP contribution in [0, 0.1) is 6.92 Å². The van der Waals surface area contributed by atoms with Crippen molar-refractivity contribution in [2.75, 3.05) is 24.7 Å². The Hall–Kier alpha value is -3.44. The number of aryl methyl sites for hydroxylation is 1. The van der Waals surface area contributed by atoms with E-state index in [2.05, 4.69) is 9.97 Å². The largest absolute Gasteiger partial charge is 0.466 e. The molecule has 0 bridgehead atoms. The van der Waals surface area contributed by atoms with Gasteiger partial charge in [0.2, 0.25) is 0 Å². The zero-order valence-electron chi connectivity index (χ0n) is 19.0. The van der Waals surface area contributed by atoms with Crippen molar-refractivity contribution in [1.29, 1.82) is 0 Å². The summed E-state index contributed by atoms with van der Waals surface area (Å²) in [5, 5.41) is 2.66. The maximum atomic E-state index is 13.4. The number of rotatable bonds is 6. The van der Waals surface area contributed by atoms with Crippen LogP contribution < -0.4 is 10.7 Å². The van der Waals surface area contributed by atoms with Crippen LogP contribution in [0.2, 0.25) is 0 Å². The van der Waals surface area contributed by atoms with Crippen molar-refractivity contribution in [2.45, 2.75) is 37.6 Å². The van der Waals surface area contributed by atoms with E-state index < -0.39 is 10.0 Å². The molecule has 0 aliphatic carbocycles. The third-order valence-electron chi connectivity index (χ3n) is 6.01. The number of hydrogen-bond donors (Lipinski definition) is 1. The summed E-state index contributed by atoms with van der Waals surface area (Å²) in [6.45, 7) is 5.21. The molecule has 10 nitrogen and oxygen atoms in total. The molecule has 1 aliphatic rings. The summed E-state index contributed by atoms with van der Waals surface area (Å²) in [5.41, 5.74) is 8.68. The average Bonchev–Trinajstić information content (AvgIpc) is 3.50. The zero-order chi connectivity index (χ0) is 24.0. The number of nitrogens with two attached hydrogens (primary N) is 1. The number of aromatic nitrogens is 4. The molecule has 2 N–H and O–H groups in total. The first-order chi connectivity index (χ1) is 16.3. The SMILES string of the molecule is CCOC(=O)Cc1nc2cnc3c(ccn3S(=O)(=O)c3ccc(C)cc3)c2n1N1CC[C@@H](N)C1. The number of esters is 1. The van der Waals surface area contributed by atoms with Crippen LogP contribution in [0.15, 0.2) is 47.6 Å². The van der Waals surface area contributed by atoms with Crippen molar-refractivity contribution >= 4 is 38.1 Å². The molecule has 0 amide bonds. The highest BCUT2D eigenvalue weighted by atomic mass is 32.2. The van der Waals surface area contributed by atoms with Gasteiger partial charge in [-0.15, -0.1) is 0 Å². The van der Waals surface area contributed by atoms with Crippen LogP contribution in [0.25, 0.3) is 22.1 Å². The lowest BCUT2D eigenvalue weighted by Gasteiger charge is -2.23. The molecular weight excluding hydrogens is 456 g/mol. The van der Waals surface area contributed by atoms with Crippen LogP contribution >= 0.6 is 0 Å². The summed E-state index contributed by atoms with van der Waals surface area (Å²) < 4.78 is 35.0. The summed E-state index contributed by atoms with van der Waals surface area (Å²) in [5.74, 6) is 0.122. The Kier molecular flexibility index (Phi) is 5.53. The molecule has 0 saturated carbocycles. The van der Waals surface area contributed by atoms with Gasteiger partial charge in [0.15, 0.2) is 5.65 Å². The van der Waals surface area contributed by atoms with Crippen LogP contribution in [0.1, 0.15) is 24.7 Å². The predicted octanol–water partition coefficient (Wildman–Crippen LogP) is 1.71. The molecule has 34 heavy (non-hydrogen) atoms. The van der Waals surface area contributed by atoms with E-state index in [1.807, 2.05) is 16.6 Å². The minimum atomic E-state index is -3.85. The Balaban J connectivity index is 1.70. The van der Waals surface area contributed by atoms with Gasteiger partial charge in [0.1, 0.15) is 23.3 Å². The maximum absolute atomic E-state index is 13.4. The molecule has 1 aliphatic heterocycles. The number of ether oxygens (including phenoxy) is 1. The Labute approximate surface area is 197 Å². The number of benzene rings is 1. The van der Waals surface area contributed by atoms with Crippen molar-refractivity contribution in [3.63, 3.8) is 0 Å². The molecule has 11 heteroatoms. The van der Waals surface area contributed by atoms with E-state index in [1.165, 1.54) is 10.2 Å². The molecule has 5 rings (SSSR count). The fourth-order valence-electron chi connectivity index (χ4n) is 4.39. The topological polar surface area (TPSA) is 125 Å². The smallest absolute Gasteiger partial charge is 0.313 e. The molecule has 1 atom stereocenters. The van der Waals surface area contributed by atoms with Crippen LogP contribution in [-0.4, -0.2) is 58.7 Å². The minimum Gasteiger partial charge on any atom is -0.466 e. The highest BCUT2D eigenvalue weighted by molar-refractivity contribution is 7.90. The van der Waals surface area contributed by atoms with Crippen LogP contribution in [-0.2, 0) is 26.0 Å². The summed E-state index contributed by atoms with van der Waals surface area (Å²) in [7, 11) is -3.85. The van der Waals surface area contributed by atoms with Gasteiger partial charge in [0, 0.05) is 30.7 Å². The number of carbonyl (C=O) groups is 1. The molecule has 4 aromatic rings. The van der Waals surface area contributed by atoms with Gasteiger partial charge in [-0.2, -0.15) is 0 Å². The molecule has 4 heterocycles. The number of nitrogens with zero attached hydrogens (tertiary/aromatic N) is 5. The molecule has 1 saturated heterocycles. The first-order valence-corrected chi connectivity index (χ1v) is 12.6. The third-order valence-corrected chi connectivity index (χ3v) is 7.69. The molecule has 1 aromatic carbocycles. The Morgan fingerprint density at radius 2 is 2.00 bits per heavy atom. The van der Waals surface area contributed by atoms with Gasteiger partial charge in [0.05, 0.1) is 17.7 Å². The lowest BCUT2D eigenvalue weighted by Crippen LogP contribution is -2.36. The molecule has 178 valence electrons. The molecule has 3 aromatic heterocycles. The number of fused-ring (bicyclic) bond motifs is 3. The van der Waals surface area contributed by atoms with E-state index in [4.69, 9.17) is 10.5 Å². The van der Waals surface area contributed by atoms with Gasteiger partial charge < -0.3 is 15.5 Å². The van der Waals surface area contributed by atoms with E-state index in [1.54, 1.807) is 43.5 Å². The lowest BCUT2D eigenvalue weighted by molar-refractivity contribution is -0.142. The van der Waals surface area contributed by atoms with E-state index in [-0.39, 0.29) is 29.9 Å². The second kappa shape index (κ2) is 8.41. The van der Waals surface area contributed by atoms with Crippen molar-refractivity contribution < 1.29 is 17.9 Å². The Bertz CT molecular complexity index is 1490. The van der Waals surface area contributed by atoms with Crippen molar-refractivity contribution in [3.05, 3.63) is 54.1 Å². The fraction of sp³-hybridized carbons (Fsp3) is 0.348. The molecule has 0 spiro atoms. The normalized spacial score (nSPS) is 16.6. The van der Waals surface area contributed by atoms with Crippen molar-refractivity contribution in [3.8, 4) is 0 Å². The fourth-order valence-corrected chi connectivity index (χ4v) is 5.69. The van der Waals surface area contributed by atoms with Gasteiger partial charge in [-0.05, 0) is 38.5 Å². The van der Waals surface area contributed by atoms with E-state index >= 15 is 0 Å². The monoisotopic (exact) mass is 482 g/mol. The summed E-state index contributed by atoms with van der Waals surface area (Å²) in [6, 6.07) is 8.41. The van der Waals surface area contributed by atoms with Gasteiger partial charge in [-0.3, -0.25) is 4.79 Å². The number of pyridine rings is 1. The second-order valence-corrected chi connectivity index (χ2v) is 10.3. The van der Waals surface area contributed by atoms with Crippen LogP contribution in [0.5, 0.6) is 0 Å². The van der Waals surface area contributed by atoms with Crippen LogP contribution in [0.3, 0.4) is 0 Å². The van der Waals surface area contributed by atoms with Crippen molar-refractivity contribution in [2.24, 2.45) is 5.73 Å². The second-order valence-electron chi connectivity index (χ2n) is 8.44. The standard InChI is InChI=1S/C23H26N6O4S/c1-3-33-21(30)12-20-26-19-13-25-23-18(22(19)29(20)27-10-8-16(24)14-27)9-11-28(23)34(31,32)17-6-4-15(2)5-7-17/h4-7,9,11,13,16H,3,8,10,12,14,24H2,1-2H3/t16-/m1/s1. The average molecular weight is 483 g/mol. The van der Waals surface area contributed by atoms with E-state index in [0.717, 1.165) is 12.0 Å². The van der Waals surface area contributed by atoms with Crippen molar-refractivity contribution in [1.82, 2.24) is 18.6 Å². The van der Waals surface area contributed by atoms with Gasteiger partial charge in [-0.1, -0.05) is 17.7 Å². The van der Waals surface area contributed by atoms with Gasteiger partial charge >= 0.3 is 5.97 Å².